The Morgan fingerprint density at radius 1 is 1.16 bits per heavy atom. The van der Waals surface area contributed by atoms with Crippen LogP contribution in [0.4, 0.5) is 22.0 Å². The molecule has 6 nitrogen and oxygen atoms in total. The first-order valence-electron chi connectivity index (χ1n) is 12.1. The van der Waals surface area contributed by atoms with E-state index in [0.717, 1.165) is 5.56 Å². The molecule has 1 aliphatic rings. The van der Waals surface area contributed by atoms with Gasteiger partial charge in [-0.2, -0.15) is 13.2 Å². The van der Waals surface area contributed by atoms with Crippen LogP contribution in [0.1, 0.15) is 68.3 Å². The molecule has 198 valence electrons. The van der Waals surface area contributed by atoms with E-state index < -0.39 is 24.6 Å². The van der Waals surface area contributed by atoms with Crippen LogP contribution in [-0.2, 0) is 0 Å². The monoisotopic (exact) mass is 522 g/mol. The third-order valence-corrected chi connectivity index (χ3v) is 7.22. The highest BCUT2D eigenvalue weighted by atomic mass is 19.4. The molecule has 4 aromatic rings. The summed E-state index contributed by atoms with van der Waals surface area (Å²) in [5.41, 5.74) is 3.55. The summed E-state index contributed by atoms with van der Waals surface area (Å²) in [6.45, 7) is 5.07. The Balaban J connectivity index is 1.75. The molecule has 3 aromatic heterocycles. The van der Waals surface area contributed by atoms with Gasteiger partial charge in [0.05, 0.1) is 42.0 Å². The van der Waals surface area contributed by atoms with Gasteiger partial charge in [0.25, 0.3) is 0 Å². The van der Waals surface area contributed by atoms with Gasteiger partial charge in [-0.05, 0) is 45.7 Å². The number of methoxy groups -OCH3 is 1. The van der Waals surface area contributed by atoms with E-state index in [2.05, 4.69) is 15.1 Å². The van der Waals surface area contributed by atoms with Crippen LogP contribution >= 0.6 is 0 Å². The third kappa shape index (κ3) is 4.64. The summed E-state index contributed by atoms with van der Waals surface area (Å²) < 4.78 is 80.8. The fourth-order valence-corrected chi connectivity index (χ4v) is 5.51. The van der Waals surface area contributed by atoms with Gasteiger partial charge in [-0.15, -0.1) is 0 Å². The minimum atomic E-state index is -4.41. The highest BCUT2D eigenvalue weighted by Gasteiger charge is 2.39. The number of hydrogen-bond donors (Lipinski definition) is 0. The molecule has 1 saturated carbocycles. The summed E-state index contributed by atoms with van der Waals surface area (Å²) in [4.78, 5) is 9.21. The van der Waals surface area contributed by atoms with E-state index in [4.69, 9.17) is 9.26 Å². The van der Waals surface area contributed by atoms with Crippen LogP contribution in [-0.4, -0.2) is 38.9 Å². The maximum absolute atomic E-state index is 13.9. The predicted octanol–water partition coefficient (Wildman–Crippen LogP) is 7.67. The molecule has 0 aliphatic heterocycles. The van der Waals surface area contributed by atoms with Crippen molar-refractivity contribution < 1.29 is 31.2 Å². The van der Waals surface area contributed by atoms with Crippen molar-refractivity contribution in [1.29, 1.82) is 0 Å². The SMILES string of the molecule is COc1cc2c(cc1-c1c(C)noc1C)ncc1nc(C3CCC(F)(F)CC3)n([C@H](C)CC(F)(F)F)c12. The normalized spacial score (nSPS) is 17.5. The molecule has 3 heterocycles. The van der Waals surface area contributed by atoms with Gasteiger partial charge in [0, 0.05) is 35.8 Å². The first-order chi connectivity index (χ1) is 17.4. The molecule has 1 atom stereocenters. The highest BCUT2D eigenvalue weighted by molar-refractivity contribution is 6.05. The van der Waals surface area contributed by atoms with Crippen molar-refractivity contribution >= 4 is 21.9 Å². The molecule has 0 amide bonds. The van der Waals surface area contributed by atoms with Crippen LogP contribution in [0.5, 0.6) is 5.75 Å². The second-order valence-electron chi connectivity index (χ2n) is 9.90. The summed E-state index contributed by atoms with van der Waals surface area (Å²) >= 11 is 0. The van der Waals surface area contributed by atoms with Crippen LogP contribution in [0.2, 0.25) is 0 Å². The Morgan fingerprint density at radius 2 is 1.86 bits per heavy atom. The van der Waals surface area contributed by atoms with Crippen molar-refractivity contribution in [1.82, 2.24) is 19.7 Å². The fraction of sp³-hybridized carbons (Fsp3) is 0.500. The van der Waals surface area contributed by atoms with E-state index in [1.54, 1.807) is 30.5 Å². The van der Waals surface area contributed by atoms with Gasteiger partial charge in [-0.1, -0.05) is 5.16 Å². The van der Waals surface area contributed by atoms with Gasteiger partial charge in [0.2, 0.25) is 5.92 Å². The molecule has 0 radical (unpaired) electrons. The Hall–Kier alpha value is -3.24. The number of imidazole rings is 1. The molecule has 0 unspecified atom stereocenters. The standard InChI is InChI=1S/C26H27F5N4O2/c1-13(11-26(29,30)31)35-23-17-10-21(36-4)18(22-14(2)34-37-15(22)3)9-19(17)32-12-20(23)33-24(35)16-5-7-25(27,28)8-6-16/h9-10,12-13,16H,5-8,11H2,1-4H3/t13-/m1/s1. The summed E-state index contributed by atoms with van der Waals surface area (Å²) in [5, 5.41) is 4.58. The summed E-state index contributed by atoms with van der Waals surface area (Å²) in [7, 11) is 1.51. The Kier molecular flexibility index (Phi) is 6.15. The minimum Gasteiger partial charge on any atom is -0.496 e. The van der Waals surface area contributed by atoms with Gasteiger partial charge in [-0.25, -0.2) is 13.8 Å². The van der Waals surface area contributed by atoms with Gasteiger partial charge in [-0.3, -0.25) is 4.98 Å². The minimum absolute atomic E-state index is 0.153. The molecule has 0 bridgehead atoms. The molecule has 5 rings (SSSR count). The van der Waals surface area contributed by atoms with Gasteiger partial charge in [0.1, 0.15) is 22.9 Å². The van der Waals surface area contributed by atoms with Crippen LogP contribution in [0.3, 0.4) is 0 Å². The van der Waals surface area contributed by atoms with Crippen molar-refractivity contribution in [3.05, 3.63) is 35.6 Å². The zero-order chi connectivity index (χ0) is 26.7. The molecular weight excluding hydrogens is 495 g/mol. The molecule has 1 fully saturated rings. The zero-order valence-corrected chi connectivity index (χ0v) is 20.9. The molecule has 0 N–H and O–H groups in total. The average molecular weight is 523 g/mol. The molecule has 1 aliphatic carbocycles. The number of aryl methyl sites for hydroxylation is 2. The number of ether oxygens (including phenoxy) is 1. The lowest BCUT2D eigenvalue weighted by Crippen LogP contribution is -2.26. The summed E-state index contributed by atoms with van der Waals surface area (Å²) in [5.74, 6) is -1.67. The maximum atomic E-state index is 13.9. The number of rotatable bonds is 5. The average Bonchev–Trinajstić information content (AvgIpc) is 3.37. The first-order valence-corrected chi connectivity index (χ1v) is 12.1. The zero-order valence-electron chi connectivity index (χ0n) is 20.9. The number of halogens is 5. The number of pyridine rings is 1. The first kappa shape index (κ1) is 25.4. The van der Waals surface area contributed by atoms with Gasteiger partial charge < -0.3 is 13.8 Å². The summed E-state index contributed by atoms with van der Waals surface area (Å²) in [6, 6.07) is 2.54. The second kappa shape index (κ2) is 8.95. The lowest BCUT2D eigenvalue weighted by Gasteiger charge is -2.29. The van der Waals surface area contributed by atoms with E-state index in [1.165, 1.54) is 20.2 Å². The van der Waals surface area contributed by atoms with Crippen LogP contribution in [0, 0.1) is 13.8 Å². The number of nitrogens with zero attached hydrogens (tertiary/aromatic N) is 4. The molecule has 0 saturated heterocycles. The van der Waals surface area contributed by atoms with E-state index in [1.807, 2.05) is 0 Å². The van der Waals surface area contributed by atoms with Crippen molar-refractivity contribution in [2.75, 3.05) is 7.11 Å². The van der Waals surface area contributed by atoms with Crippen LogP contribution < -0.4 is 4.74 Å². The maximum Gasteiger partial charge on any atom is 0.391 e. The quantitative estimate of drug-likeness (QED) is 0.252. The number of benzene rings is 1. The van der Waals surface area contributed by atoms with E-state index >= 15 is 0 Å². The molecule has 1 aromatic carbocycles. The number of fused-ring (bicyclic) bond motifs is 3. The second-order valence-corrected chi connectivity index (χ2v) is 9.90. The fourth-order valence-electron chi connectivity index (χ4n) is 5.51. The van der Waals surface area contributed by atoms with E-state index in [-0.39, 0.29) is 31.6 Å². The van der Waals surface area contributed by atoms with E-state index in [9.17, 15) is 22.0 Å². The van der Waals surface area contributed by atoms with E-state index in [0.29, 0.717) is 50.5 Å². The topological polar surface area (TPSA) is 66.0 Å². The van der Waals surface area contributed by atoms with Gasteiger partial charge >= 0.3 is 6.18 Å². The molecule has 11 heteroatoms. The smallest absolute Gasteiger partial charge is 0.391 e. The van der Waals surface area contributed by atoms with Crippen LogP contribution in [0.15, 0.2) is 22.9 Å². The summed E-state index contributed by atoms with van der Waals surface area (Å²) in [6.07, 6.45) is -4.29. The van der Waals surface area contributed by atoms with Gasteiger partial charge in [0.15, 0.2) is 0 Å². The Morgan fingerprint density at radius 3 is 2.46 bits per heavy atom. The van der Waals surface area contributed by atoms with Crippen LogP contribution in [0.25, 0.3) is 33.1 Å². The van der Waals surface area contributed by atoms with Crippen molar-refractivity contribution in [2.45, 2.75) is 76.9 Å². The molecule has 37 heavy (non-hydrogen) atoms. The number of alkyl halides is 5. The van der Waals surface area contributed by atoms with Crippen molar-refractivity contribution in [3.63, 3.8) is 0 Å². The van der Waals surface area contributed by atoms with Crippen molar-refractivity contribution in [2.24, 2.45) is 0 Å². The largest absolute Gasteiger partial charge is 0.496 e. The number of aromatic nitrogens is 4. The third-order valence-electron chi connectivity index (χ3n) is 7.22. The Labute approximate surface area is 209 Å². The Bertz CT molecular complexity index is 1440. The lowest BCUT2D eigenvalue weighted by atomic mass is 9.86. The lowest BCUT2D eigenvalue weighted by molar-refractivity contribution is -0.141. The molecular formula is C26H27F5N4O2. The van der Waals surface area contributed by atoms with Crippen molar-refractivity contribution in [3.8, 4) is 16.9 Å². The predicted molar refractivity (Wildman–Crippen MR) is 128 cm³/mol. The molecule has 0 spiro atoms. The highest BCUT2D eigenvalue weighted by Crippen LogP contribution is 2.45. The number of hydrogen-bond acceptors (Lipinski definition) is 5.